The highest BCUT2D eigenvalue weighted by Gasteiger charge is 2.25. The van der Waals surface area contributed by atoms with E-state index < -0.39 is 0 Å². The lowest BCUT2D eigenvalue weighted by Gasteiger charge is -2.28. The zero-order valence-electron chi connectivity index (χ0n) is 20.6. The maximum absolute atomic E-state index is 14.0. The molecule has 0 radical (unpaired) electrons. The molecule has 0 bridgehead atoms. The molecule has 1 aliphatic heterocycles. The Hall–Kier alpha value is -2.29. The maximum Gasteiger partial charge on any atom is 0.229 e. The minimum Gasteiger partial charge on any atom is -0.379 e. The summed E-state index contributed by atoms with van der Waals surface area (Å²) >= 11 is 5.14. The van der Waals surface area contributed by atoms with Gasteiger partial charge in [0.05, 0.1) is 23.4 Å². The highest BCUT2D eigenvalue weighted by atomic mass is 79.9. The third-order valence-electron chi connectivity index (χ3n) is 6.61. The molecule has 0 atom stereocenters. The van der Waals surface area contributed by atoms with Crippen molar-refractivity contribution in [3.63, 3.8) is 0 Å². The molecular formula is C29H31BrClN3O2S. The van der Waals surface area contributed by atoms with Crippen LogP contribution in [0, 0.1) is 0 Å². The zero-order valence-corrected chi connectivity index (χ0v) is 23.8. The van der Waals surface area contributed by atoms with Gasteiger partial charge in [-0.05, 0) is 35.7 Å². The fourth-order valence-corrected chi connectivity index (χ4v) is 6.25. The molecule has 5 nitrogen and oxygen atoms in total. The van der Waals surface area contributed by atoms with Crippen LogP contribution in [-0.4, -0.2) is 55.2 Å². The maximum atomic E-state index is 14.0. The number of nitrogens with zero attached hydrogens (tertiary/aromatic N) is 3. The van der Waals surface area contributed by atoms with Crippen LogP contribution in [0.15, 0.2) is 83.3 Å². The third kappa shape index (κ3) is 7.18. The van der Waals surface area contributed by atoms with E-state index in [9.17, 15) is 4.79 Å². The van der Waals surface area contributed by atoms with Crippen molar-refractivity contribution in [1.82, 2.24) is 9.88 Å². The summed E-state index contributed by atoms with van der Waals surface area (Å²) in [5.41, 5.74) is 3.23. The molecule has 0 N–H and O–H groups in total. The van der Waals surface area contributed by atoms with E-state index in [1.165, 1.54) is 0 Å². The SMILES string of the molecule is Cl.O=C(CC(c1ccccc1)c1ccccc1)N(CCCN1CCOCC1)c1nc2ccc(Br)cc2s1. The molecule has 1 fully saturated rings. The van der Waals surface area contributed by atoms with Gasteiger partial charge >= 0.3 is 0 Å². The molecule has 37 heavy (non-hydrogen) atoms. The van der Waals surface area contributed by atoms with Gasteiger partial charge in [0.2, 0.25) is 5.91 Å². The van der Waals surface area contributed by atoms with E-state index in [2.05, 4.69) is 51.2 Å². The minimum absolute atomic E-state index is 0. The molecule has 1 saturated heterocycles. The first-order valence-electron chi connectivity index (χ1n) is 12.4. The summed E-state index contributed by atoms with van der Waals surface area (Å²) in [6.07, 6.45) is 1.29. The Bertz CT molecular complexity index is 1240. The van der Waals surface area contributed by atoms with Gasteiger partial charge in [0.15, 0.2) is 5.13 Å². The second-order valence-corrected chi connectivity index (χ2v) is 11.0. The van der Waals surface area contributed by atoms with Crippen molar-refractivity contribution in [2.24, 2.45) is 0 Å². The van der Waals surface area contributed by atoms with E-state index in [-0.39, 0.29) is 24.2 Å². The van der Waals surface area contributed by atoms with Crippen LogP contribution in [0.4, 0.5) is 5.13 Å². The molecule has 1 aromatic heterocycles. The first-order chi connectivity index (χ1) is 17.7. The number of rotatable bonds is 9. The van der Waals surface area contributed by atoms with Gasteiger partial charge in [-0.1, -0.05) is 87.9 Å². The predicted molar refractivity (Wildman–Crippen MR) is 158 cm³/mol. The molecule has 5 rings (SSSR count). The Labute approximate surface area is 237 Å². The standard InChI is InChI=1S/C29H30BrN3O2S.ClH/c30-24-12-13-26-27(20-24)36-29(31-26)33(15-7-14-32-16-18-35-19-17-32)28(34)21-25(22-8-3-1-4-9-22)23-10-5-2-6-11-23;/h1-6,8-13,20,25H,7,14-19,21H2;1H. The Kier molecular flexibility index (Phi) is 10.1. The molecule has 1 aliphatic rings. The Morgan fingerprint density at radius 1 is 1.00 bits per heavy atom. The molecule has 0 saturated carbocycles. The van der Waals surface area contributed by atoms with Crippen LogP contribution in [-0.2, 0) is 9.53 Å². The summed E-state index contributed by atoms with van der Waals surface area (Å²) < 4.78 is 7.58. The summed E-state index contributed by atoms with van der Waals surface area (Å²) in [5.74, 6) is 0.0953. The predicted octanol–water partition coefficient (Wildman–Crippen LogP) is 6.76. The number of anilines is 1. The summed E-state index contributed by atoms with van der Waals surface area (Å²) in [4.78, 5) is 23.2. The van der Waals surface area contributed by atoms with E-state index in [0.29, 0.717) is 13.0 Å². The summed E-state index contributed by atoms with van der Waals surface area (Å²) in [5, 5.41) is 0.773. The number of hydrogen-bond acceptors (Lipinski definition) is 5. The summed E-state index contributed by atoms with van der Waals surface area (Å²) in [7, 11) is 0. The van der Waals surface area contributed by atoms with Gasteiger partial charge in [-0.15, -0.1) is 12.4 Å². The van der Waals surface area contributed by atoms with E-state index in [1.807, 2.05) is 53.4 Å². The first-order valence-corrected chi connectivity index (χ1v) is 14.0. The fraction of sp³-hybridized carbons (Fsp3) is 0.310. The number of ether oxygens (including phenoxy) is 1. The largest absolute Gasteiger partial charge is 0.379 e. The number of morpholine rings is 1. The van der Waals surface area contributed by atoms with Crippen LogP contribution < -0.4 is 4.90 Å². The van der Waals surface area contributed by atoms with Crippen LogP contribution in [0.3, 0.4) is 0 Å². The van der Waals surface area contributed by atoms with Gasteiger partial charge in [0.1, 0.15) is 0 Å². The molecule has 0 aliphatic carbocycles. The third-order valence-corrected chi connectivity index (χ3v) is 8.15. The van der Waals surface area contributed by atoms with Crippen LogP contribution >= 0.6 is 39.7 Å². The molecule has 1 amide bonds. The zero-order chi connectivity index (χ0) is 24.7. The Morgan fingerprint density at radius 2 is 1.65 bits per heavy atom. The number of carbonyl (C=O) groups excluding carboxylic acids is 1. The van der Waals surface area contributed by atoms with Gasteiger partial charge in [-0.25, -0.2) is 4.98 Å². The molecule has 8 heteroatoms. The van der Waals surface area contributed by atoms with Gasteiger partial charge in [0.25, 0.3) is 0 Å². The van der Waals surface area contributed by atoms with Crippen molar-refractivity contribution < 1.29 is 9.53 Å². The molecule has 3 aromatic carbocycles. The van der Waals surface area contributed by atoms with E-state index >= 15 is 0 Å². The highest BCUT2D eigenvalue weighted by Crippen LogP contribution is 2.34. The topological polar surface area (TPSA) is 45.7 Å². The lowest BCUT2D eigenvalue weighted by atomic mass is 9.88. The molecule has 2 heterocycles. The number of carbonyl (C=O) groups is 1. The fourth-order valence-electron chi connectivity index (χ4n) is 4.69. The van der Waals surface area contributed by atoms with Crippen molar-refractivity contribution in [3.8, 4) is 0 Å². The van der Waals surface area contributed by atoms with Gasteiger partial charge in [-0.2, -0.15) is 0 Å². The lowest BCUT2D eigenvalue weighted by Crippen LogP contribution is -2.39. The van der Waals surface area contributed by atoms with Crippen molar-refractivity contribution in [2.75, 3.05) is 44.3 Å². The van der Waals surface area contributed by atoms with Crippen molar-refractivity contribution in [3.05, 3.63) is 94.5 Å². The average Bonchev–Trinajstić information content (AvgIpc) is 3.34. The number of amides is 1. The number of aromatic nitrogens is 1. The van der Waals surface area contributed by atoms with Gasteiger partial charge < -0.3 is 4.74 Å². The van der Waals surface area contributed by atoms with Gasteiger partial charge in [0, 0.05) is 43.0 Å². The van der Waals surface area contributed by atoms with E-state index in [1.54, 1.807) is 11.3 Å². The Morgan fingerprint density at radius 3 is 2.30 bits per heavy atom. The van der Waals surface area contributed by atoms with Crippen molar-refractivity contribution in [2.45, 2.75) is 18.8 Å². The second kappa shape index (κ2) is 13.5. The number of benzene rings is 3. The lowest BCUT2D eigenvalue weighted by molar-refractivity contribution is -0.118. The molecule has 0 spiro atoms. The monoisotopic (exact) mass is 599 g/mol. The van der Waals surface area contributed by atoms with Crippen LogP contribution in [0.1, 0.15) is 29.9 Å². The van der Waals surface area contributed by atoms with Crippen LogP contribution in [0.25, 0.3) is 10.2 Å². The smallest absolute Gasteiger partial charge is 0.229 e. The second-order valence-electron chi connectivity index (χ2n) is 9.04. The number of fused-ring (bicyclic) bond motifs is 1. The Balaban J connectivity index is 0.00000320. The summed E-state index contributed by atoms with van der Waals surface area (Å²) in [6, 6.07) is 26.7. The molecular weight excluding hydrogens is 570 g/mol. The average molecular weight is 601 g/mol. The number of hydrogen-bond donors (Lipinski definition) is 0. The normalized spacial score (nSPS) is 14.0. The number of halogens is 2. The van der Waals surface area contributed by atoms with Crippen LogP contribution in [0.5, 0.6) is 0 Å². The van der Waals surface area contributed by atoms with Crippen molar-refractivity contribution in [1.29, 1.82) is 0 Å². The van der Waals surface area contributed by atoms with E-state index in [0.717, 1.165) is 70.2 Å². The van der Waals surface area contributed by atoms with Crippen molar-refractivity contribution >= 4 is 60.9 Å². The first kappa shape index (κ1) is 27.7. The van der Waals surface area contributed by atoms with E-state index in [4.69, 9.17) is 9.72 Å². The molecule has 4 aromatic rings. The molecule has 0 unspecified atom stereocenters. The number of thiazole rings is 1. The van der Waals surface area contributed by atoms with Gasteiger partial charge in [-0.3, -0.25) is 14.6 Å². The summed E-state index contributed by atoms with van der Waals surface area (Å²) in [6.45, 7) is 5.06. The molecule has 194 valence electrons. The van der Waals surface area contributed by atoms with Crippen LogP contribution in [0.2, 0.25) is 0 Å². The minimum atomic E-state index is -0.00911. The highest BCUT2D eigenvalue weighted by molar-refractivity contribution is 9.10. The quantitative estimate of drug-likeness (QED) is 0.213.